The molecule has 1 aromatic heterocycles. The monoisotopic (exact) mass is 465 g/mol. The zero-order valence-corrected chi connectivity index (χ0v) is 18.5. The van der Waals surface area contributed by atoms with Gasteiger partial charge in [0.25, 0.3) is 0 Å². The first-order valence-corrected chi connectivity index (χ1v) is 11.4. The minimum Gasteiger partial charge on any atom is -0.481 e. The van der Waals surface area contributed by atoms with Crippen molar-refractivity contribution >= 4 is 29.3 Å². The fourth-order valence-corrected chi connectivity index (χ4v) is 4.58. The summed E-state index contributed by atoms with van der Waals surface area (Å²) in [4.78, 5) is 40.3. The number of amides is 2. The van der Waals surface area contributed by atoms with E-state index in [-0.39, 0.29) is 19.1 Å². The minimum absolute atomic E-state index is 0.0747. The summed E-state index contributed by atoms with van der Waals surface area (Å²) in [7, 11) is 0. The van der Waals surface area contributed by atoms with Crippen LogP contribution < -0.4 is 10.6 Å². The smallest absolute Gasteiger partial charge is 0.407 e. The molecular formula is C24H23N3O5S. The summed E-state index contributed by atoms with van der Waals surface area (Å²) in [6, 6.07) is 14.7. The molecule has 0 spiro atoms. The van der Waals surface area contributed by atoms with Crippen LogP contribution in [-0.2, 0) is 20.7 Å². The topological polar surface area (TPSA) is 118 Å². The predicted octanol–water partition coefficient (Wildman–Crippen LogP) is 3.18. The molecule has 0 bridgehead atoms. The van der Waals surface area contributed by atoms with Gasteiger partial charge in [-0.05, 0) is 22.3 Å². The number of benzene rings is 2. The highest BCUT2D eigenvalue weighted by Gasteiger charge is 2.30. The third-order valence-electron chi connectivity index (χ3n) is 5.45. The third-order valence-corrected chi connectivity index (χ3v) is 6.29. The average molecular weight is 466 g/mol. The van der Waals surface area contributed by atoms with E-state index in [1.54, 1.807) is 6.20 Å². The van der Waals surface area contributed by atoms with Gasteiger partial charge >= 0.3 is 12.1 Å². The molecule has 0 aliphatic heterocycles. The number of carbonyl (C=O) groups excluding carboxylic acids is 2. The van der Waals surface area contributed by atoms with E-state index in [1.807, 2.05) is 53.9 Å². The van der Waals surface area contributed by atoms with Crippen LogP contribution in [0.4, 0.5) is 4.79 Å². The summed E-state index contributed by atoms with van der Waals surface area (Å²) >= 11 is 1.47. The second-order valence-corrected chi connectivity index (χ2v) is 8.57. The fraction of sp³-hybridized carbons (Fsp3) is 0.250. The summed E-state index contributed by atoms with van der Waals surface area (Å²) in [5.41, 5.74) is 4.33. The maximum atomic E-state index is 12.5. The number of aliphatic carboxylic acids is 1. The lowest BCUT2D eigenvalue weighted by atomic mass is 9.98. The van der Waals surface area contributed by atoms with Gasteiger partial charge in [-0.2, -0.15) is 0 Å². The Morgan fingerprint density at radius 1 is 1.06 bits per heavy atom. The van der Waals surface area contributed by atoms with Crippen molar-refractivity contribution in [2.45, 2.75) is 24.8 Å². The van der Waals surface area contributed by atoms with Crippen LogP contribution in [0.5, 0.6) is 0 Å². The van der Waals surface area contributed by atoms with Crippen LogP contribution in [0.25, 0.3) is 11.1 Å². The number of rotatable bonds is 9. The zero-order chi connectivity index (χ0) is 23.2. The molecule has 1 heterocycles. The Bertz CT molecular complexity index is 1100. The number of alkyl carbamates (subject to hydrolysis) is 1. The van der Waals surface area contributed by atoms with Crippen molar-refractivity contribution in [3.8, 4) is 11.1 Å². The van der Waals surface area contributed by atoms with Crippen molar-refractivity contribution in [2.75, 3.05) is 13.2 Å². The third kappa shape index (κ3) is 5.38. The van der Waals surface area contributed by atoms with E-state index in [2.05, 4.69) is 15.6 Å². The molecule has 3 aromatic rings. The van der Waals surface area contributed by atoms with E-state index in [9.17, 15) is 14.4 Å². The van der Waals surface area contributed by atoms with E-state index in [4.69, 9.17) is 9.84 Å². The molecule has 0 radical (unpaired) electrons. The fourth-order valence-electron chi connectivity index (χ4n) is 3.96. The molecule has 1 atom stereocenters. The van der Waals surface area contributed by atoms with Crippen LogP contribution in [0.3, 0.4) is 0 Å². The van der Waals surface area contributed by atoms with Crippen molar-refractivity contribution in [3.05, 3.63) is 76.2 Å². The molecule has 3 N–H and O–H groups in total. The molecule has 0 saturated carbocycles. The second-order valence-electron chi connectivity index (χ2n) is 7.59. The van der Waals surface area contributed by atoms with Crippen LogP contribution >= 0.6 is 11.3 Å². The second kappa shape index (κ2) is 10.3. The van der Waals surface area contributed by atoms with Gasteiger partial charge in [-0.25, -0.2) is 9.78 Å². The summed E-state index contributed by atoms with van der Waals surface area (Å²) in [6.07, 6.45) is 0.813. The van der Waals surface area contributed by atoms with Crippen molar-refractivity contribution < 1.29 is 24.2 Å². The Morgan fingerprint density at radius 3 is 2.33 bits per heavy atom. The Labute approximate surface area is 194 Å². The van der Waals surface area contributed by atoms with E-state index < -0.39 is 30.4 Å². The molecule has 2 aromatic carbocycles. The first-order chi connectivity index (χ1) is 16.0. The van der Waals surface area contributed by atoms with Crippen molar-refractivity contribution in [1.82, 2.24) is 15.6 Å². The zero-order valence-electron chi connectivity index (χ0n) is 17.7. The molecule has 1 unspecified atom stereocenters. The number of aromatic nitrogens is 1. The number of nitrogens with one attached hydrogen (secondary N) is 2. The number of hydrogen-bond donors (Lipinski definition) is 3. The number of hydrogen-bond acceptors (Lipinski definition) is 6. The molecule has 8 nitrogen and oxygen atoms in total. The first kappa shape index (κ1) is 22.5. The van der Waals surface area contributed by atoms with Gasteiger partial charge in [0, 0.05) is 30.5 Å². The number of ether oxygens (including phenoxy) is 1. The van der Waals surface area contributed by atoms with Gasteiger partial charge in [-0.15, -0.1) is 11.3 Å². The van der Waals surface area contributed by atoms with E-state index >= 15 is 0 Å². The Balaban J connectivity index is 1.35. The molecule has 33 heavy (non-hydrogen) atoms. The molecule has 2 amide bonds. The van der Waals surface area contributed by atoms with Gasteiger partial charge in [-0.1, -0.05) is 48.5 Å². The summed E-state index contributed by atoms with van der Waals surface area (Å²) in [5, 5.41) is 16.9. The lowest BCUT2D eigenvalue weighted by Crippen LogP contribution is -2.48. The summed E-state index contributed by atoms with van der Waals surface area (Å²) < 4.78 is 5.43. The SMILES string of the molecule is O=C(O)CC(NC(=O)OCC1c2ccccc2-c2ccccc21)C(=O)NCCc1nccs1. The van der Waals surface area contributed by atoms with Gasteiger partial charge < -0.3 is 20.5 Å². The largest absolute Gasteiger partial charge is 0.481 e. The van der Waals surface area contributed by atoms with E-state index in [0.29, 0.717) is 6.42 Å². The molecule has 170 valence electrons. The number of fused-ring (bicyclic) bond motifs is 3. The molecule has 0 fully saturated rings. The lowest BCUT2D eigenvalue weighted by molar-refractivity contribution is -0.139. The number of carboxylic acids is 1. The highest BCUT2D eigenvalue weighted by atomic mass is 32.1. The average Bonchev–Trinajstić information content (AvgIpc) is 3.43. The van der Waals surface area contributed by atoms with Crippen molar-refractivity contribution in [1.29, 1.82) is 0 Å². The van der Waals surface area contributed by atoms with Crippen LogP contribution in [0.15, 0.2) is 60.1 Å². The quantitative estimate of drug-likeness (QED) is 0.447. The molecule has 4 rings (SSSR count). The maximum absolute atomic E-state index is 12.5. The number of carbonyl (C=O) groups is 3. The molecule has 9 heteroatoms. The van der Waals surface area contributed by atoms with Gasteiger partial charge in [0.1, 0.15) is 12.6 Å². The van der Waals surface area contributed by atoms with Crippen molar-refractivity contribution in [3.63, 3.8) is 0 Å². The number of carboxylic acid groups (broad SMARTS) is 1. The molecule has 1 aliphatic rings. The van der Waals surface area contributed by atoms with E-state index in [1.165, 1.54) is 11.3 Å². The van der Waals surface area contributed by atoms with Gasteiger partial charge in [-0.3, -0.25) is 9.59 Å². The highest BCUT2D eigenvalue weighted by molar-refractivity contribution is 7.09. The number of nitrogens with zero attached hydrogens (tertiary/aromatic N) is 1. The van der Waals surface area contributed by atoms with Crippen LogP contribution in [0, 0.1) is 0 Å². The Hall–Kier alpha value is -3.72. The van der Waals surface area contributed by atoms with Crippen LogP contribution in [-0.4, -0.2) is 47.3 Å². The highest BCUT2D eigenvalue weighted by Crippen LogP contribution is 2.44. The van der Waals surface area contributed by atoms with Crippen molar-refractivity contribution in [2.24, 2.45) is 0 Å². The van der Waals surface area contributed by atoms with Gasteiger partial charge in [0.05, 0.1) is 11.4 Å². The normalized spacial score (nSPS) is 13.0. The van der Waals surface area contributed by atoms with Gasteiger partial charge in [0.15, 0.2) is 0 Å². The molecular weight excluding hydrogens is 442 g/mol. The Morgan fingerprint density at radius 2 is 1.73 bits per heavy atom. The standard InChI is InChI=1S/C24H23N3O5S/c28-22(29)13-20(23(30)26-10-9-21-25-11-12-33-21)27-24(31)32-14-19-17-7-3-1-5-15(17)16-6-2-4-8-18(16)19/h1-8,11-12,19-20H,9-10,13-14H2,(H,26,30)(H,27,31)(H,28,29). The summed E-state index contributed by atoms with van der Waals surface area (Å²) in [5.74, 6) is -1.91. The van der Waals surface area contributed by atoms with Crippen LogP contribution in [0.1, 0.15) is 28.5 Å². The maximum Gasteiger partial charge on any atom is 0.407 e. The Kier molecular flexibility index (Phi) is 6.99. The van der Waals surface area contributed by atoms with Gasteiger partial charge in [0.2, 0.25) is 5.91 Å². The van der Waals surface area contributed by atoms with E-state index in [0.717, 1.165) is 27.3 Å². The predicted molar refractivity (Wildman–Crippen MR) is 123 cm³/mol. The molecule has 1 aliphatic carbocycles. The first-order valence-electron chi connectivity index (χ1n) is 10.5. The molecule has 0 saturated heterocycles. The van der Waals surface area contributed by atoms with Crippen LogP contribution in [0.2, 0.25) is 0 Å². The summed E-state index contributed by atoms with van der Waals surface area (Å²) in [6.45, 7) is 0.361. The minimum atomic E-state index is -1.24. The number of thiazole rings is 1. The lowest BCUT2D eigenvalue weighted by Gasteiger charge is -2.18.